The zero-order chi connectivity index (χ0) is 26.2. The fourth-order valence-electron chi connectivity index (χ4n) is 3.66. The maximum atomic E-state index is 13.2. The first kappa shape index (κ1) is 28.7. The van der Waals surface area contributed by atoms with E-state index in [1.165, 1.54) is 4.31 Å². The molecule has 1 atom stereocenters. The minimum absolute atomic E-state index is 0.113. The summed E-state index contributed by atoms with van der Waals surface area (Å²) in [5, 5.41) is 3.45. The molecular weight excluding hydrogens is 486 g/mol. The first-order valence-electron chi connectivity index (χ1n) is 11.7. The lowest BCUT2D eigenvalue weighted by Gasteiger charge is -2.32. The lowest BCUT2D eigenvalue weighted by atomic mass is 10.1. The molecule has 0 aromatic heterocycles. The van der Waals surface area contributed by atoms with Gasteiger partial charge >= 0.3 is 0 Å². The summed E-state index contributed by atoms with van der Waals surface area (Å²) in [4.78, 5) is 27.7. The van der Waals surface area contributed by atoms with Crippen LogP contribution in [0.15, 0.2) is 54.6 Å². The summed E-state index contributed by atoms with van der Waals surface area (Å²) in [5.74, 6) is -0.417. The van der Waals surface area contributed by atoms with Gasteiger partial charge in [-0.2, -0.15) is 0 Å². The van der Waals surface area contributed by atoms with Gasteiger partial charge in [0, 0.05) is 30.1 Å². The van der Waals surface area contributed by atoms with Crippen molar-refractivity contribution in [1.29, 1.82) is 0 Å². The van der Waals surface area contributed by atoms with Crippen molar-refractivity contribution in [3.8, 4) is 0 Å². The quantitative estimate of drug-likeness (QED) is 0.478. The van der Waals surface area contributed by atoms with E-state index in [-0.39, 0.29) is 24.8 Å². The number of amides is 2. The highest BCUT2D eigenvalue weighted by Crippen LogP contribution is 2.21. The van der Waals surface area contributed by atoms with E-state index in [4.69, 9.17) is 11.6 Å². The summed E-state index contributed by atoms with van der Waals surface area (Å²) >= 11 is 5.93. The molecule has 0 aliphatic carbocycles. The Morgan fingerprint density at radius 1 is 1.00 bits per heavy atom. The predicted molar refractivity (Wildman–Crippen MR) is 142 cm³/mol. The van der Waals surface area contributed by atoms with Crippen LogP contribution in [0.4, 0.5) is 5.69 Å². The topological polar surface area (TPSA) is 86.8 Å². The van der Waals surface area contributed by atoms with Crippen LogP contribution in [0.3, 0.4) is 0 Å². The maximum absolute atomic E-state index is 13.2. The molecule has 7 nitrogen and oxygen atoms in total. The molecule has 0 aliphatic rings. The van der Waals surface area contributed by atoms with Gasteiger partial charge < -0.3 is 10.2 Å². The van der Waals surface area contributed by atoms with Crippen LogP contribution in [-0.4, -0.2) is 56.1 Å². The zero-order valence-corrected chi connectivity index (χ0v) is 22.7. The number of carbonyl (C=O) groups is 2. The number of benzene rings is 2. The van der Waals surface area contributed by atoms with E-state index < -0.39 is 21.6 Å². The van der Waals surface area contributed by atoms with E-state index in [0.717, 1.165) is 11.8 Å². The number of hydrogen-bond donors (Lipinski definition) is 1. The molecule has 192 valence electrons. The Morgan fingerprint density at radius 2 is 1.60 bits per heavy atom. The normalized spacial score (nSPS) is 12.6. The molecule has 2 aromatic carbocycles. The lowest BCUT2D eigenvalue weighted by Crippen LogP contribution is -2.53. The minimum Gasteiger partial charge on any atom is -0.350 e. The molecule has 0 unspecified atom stereocenters. The molecule has 9 heteroatoms. The molecule has 0 radical (unpaired) electrons. The van der Waals surface area contributed by atoms with Crippen LogP contribution in [-0.2, 0) is 26.0 Å². The molecule has 0 spiro atoms. The fraction of sp³-hybridized carbons (Fsp3) is 0.462. The summed E-state index contributed by atoms with van der Waals surface area (Å²) in [6.07, 6.45) is 2.17. The first-order chi connectivity index (χ1) is 16.3. The average molecular weight is 522 g/mol. The van der Waals surface area contributed by atoms with Gasteiger partial charge in [-0.05, 0) is 70.4 Å². The highest BCUT2D eigenvalue weighted by atomic mass is 35.5. The van der Waals surface area contributed by atoms with Gasteiger partial charge in [0.1, 0.15) is 6.04 Å². The average Bonchev–Trinajstić information content (AvgIpc) is 2.76. The van der Waals surface area contributed by atoms with Crippen LogP contribution in [0.5, 0.6) is 0 Å². The van der Waals surface area contributed by atoms with Crippen molar-refractivity contribution in [2.24, 2.45) is 0 Å². The Labute approximate surface area is 214 Å². The van der Waals surface area contributed by atoms with Gasteiger partial charge in [-0.1, -0.05) is 41.9 Å². The lowest BCUT2D eigenvalue weighted by molar-refractivity contribution is -0.140. The monoisotopic (exact) mass is 521 g/mol. The molecular formula is C26H36ClN3O4S. The van der Waals surface area contributed by atoms with E-state index in [2.05, 4.69) is 5.32 Å². The van der Waals surface area contributed by atoms with Gasteiger partial charge in [0.05, 0.1) is 11.9 Å². The Bertz CT molecular complexity index is 1080. The summed E-state index contributed by atoms with van der Waals surface area (Å²) in [5.41, 5.74) is 1.14. The number of anilines is 1. The Hall–Kier alpha value is -2.58. The molecule has 0 saturated heterocycles. The van der Waals surface area contributed by atoms with Gasteiger partial charge in [0.2, 0.25) is 21.8 Å². The molecule has 35 heavy (non-hydrogen) atoms. The van der Waals surface area contributed by atoms with E-state index in [1.54, 1.807) is 36.1 Å². The van der Waals surface area contributed by atoms with Crippen LogP contribution in [0.1, 0.15) is 46.1 Å². The standard InChI is InChI=1S/C26H36ClN3O4S/c1-20(25(32)28-26(2,3)4)29(19-17-21-10-7-6-8-11-21)24(31)12-9-18-30(35(5,33)34)23-15-13-22(27)14-16-23/h6-8,10-11,13-16,20H,9,12,17-19H2,1-5H3,(H,28,32)/t20-/m1/s1. The Morgan fingerprint density at radius 3 is 2.14 bits per heavy atom. The van der Waals surface area contributed by atoms with Gasteiger partial charge in [0.15, 0.2) is 0 Å². The number of nitrogens with one attached hydrogen (secondary N) is 1. The maximum Gasteiger partial charge on any atom is 0.242 e. The molecule has 0 fully saturated rings. The molecule has 2 aromatic rings. The third kappa shape index (κ3) is 9.53. The molecule has 0 bridgehead atoms. The number of carbonyl (C=O) groups excluding carboxylic acids is 2. The second-order valence-electron chi connectivity index (χ2n) is 9.65. The number of sulfonamides is 1. The van der Waals surface area contributed by atoms with E-state index in [1.807, 2.05) is 51.1 Å². The molecule has 0 aliphatic heterocycles. The van der Waals surface area contributed by atoms with Crippen LogP contribution in [0.25, 0.3) is 0 Å². The Balaban J connectivity index is 2.12. The highest BCUT2D eigenvalue weighted by molar-refractivity contribution is 7.92. The van der Waals surface area contributed by atoms with Gasteiger partial charge in [0.25, 0.3) is 0 Å². The van der Waals surface area contributed by atoms with Gasteiger partial charge in [-0.25, -0.2) is 8.42 Å². The van der Waals surface area contributed by atoms with Crippen molar-refractivity contribution in [2.75, 3.05) is 23.7 Å². The van der Waals surface area contributed by atoms with Crippen molar-refractivity contribution < 1.29 is 18.0 Å². The smallest absolute Gasteiger partial charge is 0.242 e. The summed E-state index contributed by atoms with van der Waals surface area (Å²) in [7, 11) is -3.54. The van der Waals surface area contributed by atoms with Crippen LogP contribution < -0.4 is 9.62 Å². The van der Waals surface area contributed by atoms with Gasteiger partial charge in [-0.3, -0.25) is 13.9 Å². The minimum atomic E-state index is -3.54. The summed E-state index contributed by atoms with van der Waals surface area (Å²) in [6.45, 7) is 7.93. The molecule has 1 N–H and O–H groups in total. The number of halogens is 1. The second kappa shape index (κ2) is 12.4. The molecule has 2 amide bonds. The van der Waals surface area contributed by atoms with E-state index in [9.17, 15) is 18.0 Å². The van der Waals surface area contributed by atoms with Gasteiger partial charge in [-0.15, -0.1) is 0 Å². The predicted octanol–water partition coefficient (Wildman–Crippen LogP) is 4.26. The van der Waals surface area contributed by atoms with Crippen LogP contribution >= 0.6 is 11.6 Å². The van der Waals surface area contributed by atoms with Crippen LogP contribution in [0.2, 0.25) is 5.02 Å². The molecule has 2 rings (SSSR count). The number of rotatable bonds is 11. The third-order valence-corrected chi connectivity index (χ3v) is 6.86. The molecule has 0 heterocycles. The molecule has 0 saturated carbocycles. The van der Waals surface area contributed by atoms with E-state index >= 15 is 0 Å². The van der Waals surface area contributed by atoms with E-state index in [0.29, 0.717) is 30.1 Å². The zero-order valence-electron chi connectivity index (χ0n) is 21.1. The number of nitrogens with zero attached hydrogens (tertiary/aromatic N) is 2. The Kier molecular flexibility index (Phi) is 10.2. The van der Waals surface area contributed by atoms with Crippen molar-refractivity contribution in [1.82, 2.24) is 10.2 Å². The number of hydrogen-bond acceptors (Lipinski definition) is 4. The SMILES string of the molecule is C[C@H](C(=O)NC(C)(C)C)N(CCc1ccccc1)C(=O)CCCN(c1ccc(Cl)cc1)S(C)(=O)=O. The fourth-order valence-corrected chi connectivity index (χ4v) is 4.75. The first-order valence-corrected chi connectivity index (χ1v) is 13.9. The highest BCUT2D eigenvalue weighted by Gasteiger charge is 2.28. The van der Waals surface area contributed by atoms with Crippen LogP contribution in [0, 0.1) is 0 Å². The summed E-state index contributed by atoms with van der Waals surface area (Å²) in [6, 6.07) is 15.6. The van der Waals surface area contributed by atoms with Crippen molar-refractivity contribution in [2.45, 2.75) is 58.5 Å². The van der Waals surface area contributed by atoms with Crippen molar-refractivity contribution >= 4 is 39.1 Å². The third-order valence-electron chi connectivity index (χ3n) is 5.42. The van der Waals surface area contributed by atoms with Crippen molar-refractivity contribution in [3.05, 3.63) is 65.2 Å². The summed E-state index contributed by atoms with van der Waals surface area (Å²) < 4.78 is 26.0. The second-order valence-corrected chi connectivity index (χ2v) is 12.0. The van der Waals surface area contributed by atoms with Crippen molar-refractivity contribution in [3.63, 3.8) is 0 Å². The largest absolute Gasteiger partial charge is 0.350 e.